The van der Waals surface area contributed by atoms with Crippen molar-refractivity contribution in [2.75, 3.05) is 0 Å². The van der Waals surface area contributed by atoms with E-state index in [9.17, 15) is 10.2 Å². The summed E-state index contributed by atoms with van der Waals surface area (Å²) in [5.74, 6) is 0. The predicted molar refractivity (Wildman–Crippen MR) is 220 cm³/mol. The summed E-state index contributed by atoms with van der Waals surface area (Å²) in [5, 5.41) is 23.5. The van der Waals surface area contributed by atoms with E-state index in [2.05, 4.69) is 19.2 Å². The first-order chi connectivity index (χ1) is 24.2. The Bertz CT molecular complexity index is 569. The third kappa shape index (κ3) is 44.0. The lowest BCUT2D eigenvalue weighted by Crippen LogP contribution is -2.38. The Kier molecular flexibility index (Phi) is 43.9. The van der Waals surface area contributed by atoms with Crippen LogP contribution in [0.2, 0.25) is 0 Å². The summed E-state index contributed by atoms with van der Waals surface area (Å²) < 4.78 is 0. The third-order valence-electron chi connectivity index (χ3n) is 11.0. The Morgan fingerprint density at radius 3 is 0.551 bits per heavy atom. The van der Waals surface area contributed by atoms with Gasteiger partial charge in [0.1, 0.15) is 12.5 Å². The van der Waals surface area contributed by atoms with Gasteiger partial charge in [0.15, 0.2) is 0 Å². The molecule has 2 unspecified atom stereocenters. The van der Waals surface area contributed by atoms with E-state index in [1.54, 1.807) is 0 Å². The second kappa shape index (κ2) is 44.0. The lowest BCUT2D eigenvalue weighted by molar-refractivity contribution is 0.0310. The highest BCUT2D eigenvalue weighted by Crippen LogP contribution is 2.17. The maximum atomic E-state index is 10.3. The minimum Gasteiger partial charge on any atom is -0.379 e. The molecule has 0 spiro atoms. The molecule has 3 N–H and O–H groups in total. The summed E-state index contributed by atoms with van der Waals surface area (Å²) in [6.45, 7) is 4.60. The van der Waals surface area contributed by atoms with Gasteiger partial charge in [-0.1, -0.05) is 258 Å². The molecule has 0 aliphatic carbocycles. The highest BCUT2D eigenvalue weighted by atomic mass is 16.3. The zero-order chi connectivity index (χ0) is 35.6. The van der Waals surface area contributed by atoms with Crippen molar-refractivity contribution in [3.8, 4) is 0 Å². The molecule has 0 aliphatic heterocycles. The number of nitrogens with one attached hydrogen (secondary N) is 1. The van der Waals surface area contributed by atoms with Gasteiger partial charge in [-0.25, -0.2) is 0 Å². The van der Waals surface area contributed by atoms with E-state index in [-0.39, 0.29) is 0 Å². The molecule has 296 valence electrons. The van der Waals surface area contributed by atoms with Crippen LogP contribution in [0.25, 0.3) is 0 Å². The zero-order valence-corrected chi connectivity index (χ0v) is 34.2. The molecule has 0 aromatic carbocycles. The van der Waals surface area contributed by atoms with Crippen molar-refractivity contribution in [3.05, 3.63) is 0 Å². The van der Waals surface area contributed by atoms with Crippen molar-refractivity contribution in [2.45, 2.75) is 296 Å². The average Bonchev–Trinajstić information content (AvgIpc) is 3.10. The molecule has 0 saturated heterocycles. The van der Waals surface area contributed by atoms with Crippen LogP contribution in [0.4, 0.5) is 0 Å². The Morgan fingerprint density at radius 2 is 0.388 bits per heavy atom. The topological polar surface area (TPSA) is 52.5 Å². The van der Waals surface area contributed by atoms with E-state index < -0.39 is 12.5 Å². The quantitative estimate of drug-likeness (QED) is 0.0440. The summed E-state index contributed by atoms with van der Waals surface area (Å²) in [6, 6.07) is 0. The lowest BCUT2D eigenvalue weighted by atomic mass is 10.0. The minimum atomic E-state index is -0.560. The summed E-state index contributed by atoms with van der Waals surface area (Å²) >= 11 is 0. The van der Waals surface area contributed by atoms with E-state index >= 15 is 0 Å². The van der Waals surface area contributed by atoms with Crippen LogP contribution in [0.15, 0.2) is 0 Å². The monoisotopic (exact) mass is 694 g/mol. The average molecular weight is 694 g/mol. The number of rotatable bonds is 44. The van der Waals surface area contributed by atoms with Gasteiger partial charge in [0.05, 0.1) is 0 Å². The van der Waals surface area contributed by atoms with E-state index in [0.717, 1.165) is 25.7 Å². The number of aliphatic hydroxyl groups excluding tert-OH is 2. The second-order valence-corrected chi connectivity index (χ2v) is 16.2. The van der Waals surface area contributed by atoms with Crippen LogP contribution in [0.5, 0.6) is 0 Å². The molecule has 0 saturated carbocycles. The van der Waals surface area contributed by atoms with Crippen LogP contribution in [-0.4, -0.2) is 22.7 Å². The van der Waals surface area contributed by atoms with Gasteiger partial charge < -0.3 is 10.2 Å². The highest BCUT2D eigenvalue weighted by Gasteiger charge is 2.09. The largest absolute Gasteiger partial charge is 0.379 e. The lowest BCUT2D eigenvalue weighted by Gasteiger charge is -2.18. The fraction of sp³-hybridized carbons (Fsp3) is 1.00. The number of hydrogen-bond donors (Lipinski definition) is 3. The van der Waals surface area contributed by atoms with E-state index in [1.165, 1.54) is 244 Å². The Hall–Kier alpha value is -0.120. The standard InChI is InChI=1S/C46H95NO2/c1-3-5-7-9-11-13-15-17-19-21-23-24-26-28-30-32-34-36-38-40-42-44-46(49)47-45(48)43-41-39-37-35-33-31-29-27-25-22-20-18-16-14-12-10-8-6-4-2/h45-49H,3-44H2,1-2H3. The van der Waals surface area contributed by atoms with Crippen molar-refractivity contribution < 1.29 is 10.2 Å². The van der Waals surface area contributed by atoms with Crippen molar-refractivity contribution in [2.24, 2.45) is 0 Å². The normalized spacial score (nSPS) is 13.0. The summed E-state index contributed by atoms with van der Waals surface area (Å²) in [4.78, 5) is 0. The molecule has 0 aromatic rings. The van der Waals surface area contributed by atoms with Gasteiger partial charge in [-0.05, 0) is 25.7 Å². The second-order valence-electron chi connectivity index (χ2n) is 16.2. The summed E-state index contributed by atoms with van der Waals surface area (Å²) in [7, 11) is 0. The van der Waals surface area contributed by atoms with Gasteiger partial charge in [0, 0.05) is 0 Å². The van der Waals surface area contributed by atoms with Gasteiger partial charge >= 0.3 is 0 Å². The molecule has 49 heavy (non-hydrogen) atoms. The minimum absolute atomic E-state index is 0.560. The van der Waals surface area contributed by atoms with E-state index in [1.807, 2.05) is 0 Å². The van der Waals surface area contributed by atoms with Crippen LogP contribution >= 0.6 is 0 Å². The molecule has 3 nitrogen and oxygen atoms in total. The maximum Gasteiger partial charge on any atom is 0.106 e. The molecule has 0 fully saturated rings. The molecular formula is C46H95NO2. The van der Waals surface area contributed by atoms with Gasteiger partial charge in [-0.15, -0.1) is 0 Å². The van der Waals surface area contributed by atoms with Gasteiger partial charge in [-0.3, -0.25) is 5.32 Å². The molecule has 3 heteroatoms. The van der Waals surface area contributed by atoms with Crippen LogP contribution in [0.3, 0.4) is 0 Å². The van der Waals surface area contributed by atoms with Crippen molar-refractivity contribution in [3.63, 3.8) is 0 Å². The summed E-state index contributed by atoms with van der Waals surface area (Å²) in [5.41, 5.74) is 0. The van der Waals surface area contributed by atoms with Crippen molar-refractivity contribution in [1.29, 1.82) is 0 Å². The van der Waals surface area contributed by atoms with Gasteiger partial charge in [0.2, 0.25) is 0 Å². The third-order valence-corrected chi connectivity index (χ3v) is 11.0. The SMILES string of the molecule is CCCCCCCCCCCCCCCCCCCCCCCC(O)NC(O)CCCCCCCCCCCCCCCCCCCCC. The van der Waals surface area contributed by atoms with Crippen LogP contribution in [0.1, 0.15) is 284 Å². The molecule has 0 aromatic heterocycles. The first kappa shape index (κ1) is 48.9. The van der Waals surface area contributed by atoms with E-state index in [0.29, 0.717) is 0 Å². The zero-order valence-electron chi connectivity index (χ0n) is 34.2. The predicted octanol–water partition coefficient (Wildman–Crippen LogP) is 15.6. The van der Waals surface area contributed by atoms with Gasteiger partial charge in [0.25, 0.3) is 0 Å². The van der Waals surface area contributed by atoms with Crippen molar-refractivity contribution in [1.82, 2.24) is 5.32 Å². The molecule has 2 atom stereocenters. The summed E-state index contributed by atoms with van der Waals surface area (Å²) in [6.07, 6.45) is 56.0. The molecule has 0 aliphatic rings. The smallest absolute Gasteiger partial charge is 0.106 e. The highest BCUT2D eigenvalue weighted by molar-refractivity contribution is 4.60. The first-order valence-electron chi connectivity index (χ1n) is 23.3. The van der Waals surface area contributed by atoms with Crippen molar-refractivity contribution >= 4 is 0 Å². The molecule has 0 heterocycles. The molecule has 0 rings (SSSR count). The number of unbranched alkanes of at least 4 members (excludes halogenated alkanes) is 38. The number of aliphatic hydroxyl groups is 2. The van der Waals surface area contributed by atoms with Gasteiger partial charge in [-0.2, -0.15) is 0 Å². The van der Waals surface area contributed by atoms with E-state index in [4.69, 9.17) is 0 Å². The van der Waals surface area contributed by atoms with Crippen LogP contribution in [-0.2, 0) is 0 Å². The van der Waals surface area contributed by atoms with Crippen LogP contribution < -0.4 is 5.32 Å². The molecule has 0 amide bonds. The fourth-order valence-electron chi connectivity index (χ4n) is 7.57. The number of hydrogen-bond acceptors (Lipinski definition) is 3. The Balaban J connectivity index is 3.24. The van der Waals surface area contributed by atoms with Crippen LogP contribution in [0, 0.1) is 0 Å². The fourth-order valence-corrected chi connectivity index (χ4v) is 7.57. The molecule has 0 radical (unpaired) electrons. The molecular weight excluding hydrogens is 599 g/mol. The Morgan fingerprint density at radius 1 is 0.245 bits per heavy atom. The molecule has 0 bridgehead atoms. The maximum absolute atomic E-state index is 10.3. The Labute approximate surface area is 310 Å². The first-order valence-corrected chi connectivity index (χ1v) is 23.3.